The molecule has 0 aromatic heterocycles. The Bertz CT molecular complexity index is 674. The van der Waals surface area contributed by atoms with Gasteiger partial charge in [0.05, 0.1) is 19.1 Å². The molecule has 0 aromatic rings. The van der Waals surface area contributed by atoms with Crippen LogP contribution in [0.15, 0.2) is 0 Å². The zero-order valence-electron chi connectivity index (χ0n) is 15.6. The van der Waals surface area contributed by atoms with Crippen LogP contribution >= 0.6 is 12.6 Å². The number of carboxylic acids is 3. The highest BCUT2D eigenvalue weighted by atomic mass is 32.1. The fraction of sp³-hybridized carbons (Fsp3) is 0.600. The molecule has 9 N–H and O–H groups in total. The second-order valence-electron chi connectivity index (χ2n) is 6.02. The van der Waals surface area contributed by atoms with Gasteiger partial charge in [-0.05, 0) is 6.42 Å². The summed E-state index contributed by atoms with van der Waals surface area (Å²) >= 11 is 3.80. The third-order valence-electron chi connectivity index (χ3n) is 3.62. The zero-order valence-corrected chi connectivity index (χ0v) is 16.5. The molecule has 170 valence electrons. The molecule has 0 spiro atoms. The lowest BCUT2D eigenvalue weighted by molar-refractivity contribution is -0.144. The third kappa shape index (κ3) is 10.0. The molecule has 4 unspecified atom stereocenters. The molecule has 3 amide bonds. The second-order valence-corrected chi connectivity index (χ2v) is 6.39. The number of aliphatic hydroxyl groups excluding tert-OH is 1. The van der Waals surface area contributed by atoms with Crippen LogP contribution in [-0.4, -0.2) is 92.6 Å². The first-order valence-corrected chi connectivity index (χ1v) is 9.10. The quantitative estimate of drug-likeness (QED) is 0.115. The van der Waals surface area contributed by atoms with E-state index in [2.05, 4.69) is 17.9 Å². The first kappa shape index (κ1) is 27.1. The van der Waals surface area contributed by atoms with Crippen LogP contribution in [0.5, 0.6) is 0 Å². The summed E-state index contributed by atoms with van der Waals surface area (Å²) in [6.45, 7) is -0.993. The Morgan fingerprint density at radius 2 is 1.30 bits per heavy atom. The van der Waals surface area contributed by atoms with Crippen LogP contribution in [0.1, 0.15) is 19.3 Å². The highest BCUT2D eigenvalue weighted by molar-refractivity contribution is 7.80. The van der Waals surface area contributed by atoms with Gasteiger partial charge in [-0.25, -0.2) is 4.79 Å². The molecule has 0 aliphatic carbocycles. The fourth-order valence-electron chi connectivity index (χ4n) is 2.01. The minimum absolute atomic E-state index is 0.0954. The summed E-state index contributed by atoms with van der Waals surface area (Å²) in [6.07, 6.45) is -1.89. The van der Waals surface area contributed by atoms with Gasteiger partial charge in [-0.3, -0.25) is 24.0 Å². The largest absolute Gasteiger partial charge is 0.481 e. The van der Waals surface area contributed by atoms with Crippen molar-refractivity contribution in [1.82, 2.24) is 16.0 Å². The van der Waals surface area contributed by atoms with Crippen molar-refractivity contribution in [3.05, 3.63) is 0 Å². The molecule has 0 aliphatic rings. The van der Waals surface area contributed by atoms with E-state index in [4.69, 9.17) is 21.1 Å². The van der Waals surface area contributed by atoms with Crippen LogP contribution in [0, 0.1) is 0 Å². The van der Waals surface area contributed by atoms with Crippen LogP contribution in [0.2, 0.25) is 0 Å². The number of nitrogens with one attached hydrogen (secondary N) is 3. The molecular formula is C15H24N4O10S. The van der Waals surface area contributed by atoms with Gasteiger partial charge in [0.15, 0.2) is 0 Å². The number of hydrogen-bond donors (Lipinski definition) is 9. The predicted molar refractivity (Wildman–Crippen MR) is 101 cm³/mol. The average Bonchev–Trinajstić information content (AvgIpc) is 2.66. The second kappa shape index (κ2) is 13.3. The zero-order chi connectivity index (χ0) is 23.4. The van der Waals surface area contributed by atoms with Gasteiger partial charge >= 0.3 is 17.9 Å². The maximum atomic E-state index is 12.3. The Balaban J connectivity index is 5.20. The summed E-state index contributed by atoms with van der Waals surface area (Å²) in [6, 6.07) is -6.09. The van der Waals surface area contributed by atoms with Crippen molar-refractivity contribution >= 4 is 48.3 Å². The number of amides is 3. The van der Waals surface area contributed by atoms with Gasteiger partial charge in [-0.2, -0.15) is 12.6 Å². The van der Waals surface area contributed by atoms with Crippen LogP contribution in [-0.2, 0) is 28.8 Å². The van der Waals surface area contributed by atoms with Gasteiger partial charge in [-0.1, -0.05) is 0 Å². The summed E-state index contributed by atoms with van der Waals surface area (Å²) in [5.41, 5.74) is 5.44. The Labute approximate surface area is 175 Å². The van der Waals surface area contributed by atoms with Gasteiger partial charge in [0.25, 0.3) is 0 Å². The smallest absolute Gasteiger partial charge is 0.326 e. The van der Waals surface area contributed by atoms with Gasteiger partial charge < -0.3 is 42.1 Å². The predicted octanol–water partition coefficient (Wildman–Crippen LogP) is -3.89. The third-order valence-corrected chi connectivity index (χ3v) is 4.02. The molecule has 0 fully saturated rings. The van der Waals surface area contributed by atoms with Gasteiger partial charge in [0, 0.05) is 12.2 Å². The van der Waals surface area contributed by atoms with Crippen molar-refractivity contribution in [1.29, 1.82) is 0 Å². The van der Waals surface area contributed by atoms with E-state index in [9.17, 15) is 33.9 Å². The van der Waals surface area contributed by atoms with E-state index in [1.807, 2.05) is 10.6 Å². The van der Waals surface area contributed by atoms with Crippen LogP contribution in [0.3, 0.4) is 0 Å². The van der Waals surface area contributed by atoms with Crippen molar-refractivity contribution in [3.63, 3.8) is 0 Å². The highest BCUT2D eigenvalue weighted by Gasteiger charge is 2.31. The number of rotatable bonds is 14. The van der Waals surface area contributed by atoms with E-state index < -0.39 is 85.7 Å². The van der Waals surface area contributed by atoms with E-state index in [1.54, 1.807) is 0 Å². The van der Waals surface area contributed by atoms with E-state index in [-0.39, 0.29) is 5.75 Å². The van der Waals surface area contributed by atoms with Crippen molar-refractivity contribution in [2.75, 3.05) is 12.4 Å². The number of carbonyl (C=O) groups excluding carboxylic acids is 3. The van der Waals surface area contributed by atoms with E-state index in [0.29, 0.717) is 0 Å². The Hall–Kier alpha value is -2.91. The van der Waals surface area contributed by atoms with E-state index in [0.717, 1.165) is 0 Å². The monoisotopic (exact) mass is 452 g/mol. The highest BCUT2D eigenvalue weighted by Crippen LogP contribution is 2.01. The molecule has 0 heterocycles. The van der Waals surface area contributed by atoms with Crippen LogP contribution in [0.25, 0.3) is 0 Å². The molecule has 0 saturated heterocycles. The molecule has 4 atom stereocenters. The Morgan fingerprint density at radius 3 is 1.73 bits per heavy atom. The standard InChI is InChI=1S/C15H24N4O10S/c16-6(5-30)12(25)18-8(3-11(23)24)13(26)19-9(4-20)14(27)17-7(15(28)29)1-2-10(21)22/h6-9,20,30H,1-5,16H2,(H,17,27)(H,18,25)(H,19,26)(H,21,22)(H,23,24)(H,28,29). The van der Waals surface area contributed by atoms with E-state index >= 15 is 0 Å². The van der Waals surface area contributed by atoms with Crippen molar-refractivity contribution in [2.24, 2.45) is 5.73 Å². The van der Waals surface area contributed by atoms with Crippen molar-refractivity contribution < 1.29 is 49.2 Å². The van der Waals surface area contributed by atoms with E-state index in [1.165, 1.54) is 0 Å². The Kier molecular flexibility index (Phi) is 12.0. The topological polar surface area (TPSA) is 245 Å². The number of aliphatic hydroxyl groups is 1. The lowest BCUT2D eigenvalue weighted by atomic mass is 10.1. The minimum atomic E-state index is -1.70. The average molecular weight is 452 g/mol. The molecule has 30 heavy (non-hydrogen) atoms. The molecule has 0 bridgehead atoms. The van der Waals surface area contributed by atoms with Crippen molar-refractivity contribution in [2.45, 2.75) is 43.4 Å². The molecule has 0 aromatic carbocycles. The molecule has 0 rings (SSSR count). The number of nitrogens with two attached hydrogens (primary N) is 1. The summed E-state index contributed by atoms with van der Waals surface area (Å²) in [7, 11) is 0. The molecule has 0 saturated carbocycles. The molecule has 14 nitrogen and oxygen atoms in total. The summed E-state index contributed by atoms with van der Waals surface area (Å²) in [5.74, 6) is -7.57. The van der Waals surface area contributed by atoms with Gasteiger partial charge in [0.1, 0.15) is 18.1 Å². The van der Waals surface area contributed by atoms with Gasteiger partial charge in [0.2, 0.25) is 17.7 Å². The summed E-state index contributed by atoms with van der Waals surface area (Å²) in [5, 5.41) is 41.9. The normalized spacial score (nSPS) is 14.5. The minimum Gasteiger partial charge on any atom is -0.481 e. The Morgan fingerprint density at radius 1 is 0.800 bits per heavy atom. The first-order chi connectivity index (χ1) is 13.9. The maximum absolute atomic E-state index is 12.3. The molecule has 0 radical (unpaired) electrons. The number of carboxylic acid groups (broad SMARTS) is 3. The molecule has 15 heteroatoms. The summed E-state index contributed by atoms with van der Waals surface area (Å²) < 4.78 is 0. The lowest BCUT2D eigenvalue weighted by Gasteiger charge is -2.23. The number of carbonyl (C=O) groups is 6. The SMILES string of the molecule is NC(CS)C(=O)NC(CC(=O)O)C(=O)NC(CO)C(=O)NC(CCC(=O)O)C(=O)O. The van der Waals surface area contributed by atoms with Crippen molar-refractivity contribution in [3.8, 4) is 0 Å². The van der Waals surface area contributed by atoms with Crippen LogP contribution < -0.4 is 21.7 Å². The number of aliphatic carboxylic acids is 3. The number of hydrogen-bond acceptors (Lipinski definition) is 9. The van der Waals surface area contributed by atoms with Gasteiger partial charge in [-0.15, -0.1) is 0 Å². The first-order valence-electron chi connectivity index (χ1n) is 8.47. The molecule has 0 aliphatic heterocycles. The number of thiol groups is 1. The summed E-state index contributed by atoms with van der Waals surface area (Å²) in [4.78, 5) is 68.9. The lowest BCUT2D eigenvalue weighted by Crippen LogP contribution is -2.58. The fourth-order valence-corrected chi connectivity index (χ4v) is 2.18. The maximum Gasteiger partial charge on any atom is 0.326 e. The van der Waals surface area contributed by atoms with Crippen LogP contribution in [0.4, 0.5) is 0 Å². The molecular weight excluding hydrogens is 428 g/mol.